The summed E-state index contributed by atoms with van der Waals surface area (Å²) in [5, 5.41) is 12.4. The highest BCUT2D eigenvalue weighted by atomic mass is 32.2. The molecule has 7 heteroatoms. The van der Waals surface area contributed by atoms with Crippen molar-refractivity contribution in [2.45, 2.75) is 50.1 Å². The lowest BCUT2D eigenvalue weighted by Gasteiger charge is -2.17. The first kappa shape index (κ1) is 21.6. The number of likely N-dealkylation sites (tertiary alicyclic amines) is 1. The number of para-hydroxylation sites is 1. The van der Waals surface area contributed by atoms with Gasteiger partial charge in [-0.1, -0.05) is 49.0 Å². The quantitative estimate of drug-likeness (QED) is 0.526. The standard InChI is InChI=1S/C24H29N5OS/c1-3-19-11-13-20(14-12-19)25-23(30)18(2)31-24-27-26-22(17-28-15-7-8-16-28)29(24)21-9-5-4-6-10-21/h4-6,9-14,18H,3,7-8,15-17H2,1-2H3,(H,25,30). The van der Waals surface area contributed by atoms with Gasteiger partial charge < -0.3 is 5.32 Å². The molecule has 1 fully saturated rings. The van der Waals surface area contributed by atoms with Crippen molar-refractivity contribution in [1.82, 2.24) is 19.7 Å². The van der Waals surface area contributed by atoms with Crippen molar-refractivity contribution in [2.75, 3.05) is 18.4 Å². The average Bonchev–Trinajstić information content (AvgIpc) is 3.45. The van der Waals surface area contributed by atoms with E-state index in [0.29, 0.717) is 0 Å². The molecule has 2 heterocycles. The molecule has 1 aromatic heterocycles. The third kappa shape index (κ3) is 5.35. The molecule has 162 valence electrons. The molecule has 0 spiro atoms. The first-order valence-electron chi connectivity index (χ1n) is 10.9. The molecule has 3 aromatic rings. The van der Waals surface area contributed by atoms with Crippen molar-refractivity contribution >= 4 is 23.4 Å². The van der Waals surface area contributed by atoms with E-state index in [0.717, 1.165) is 48.4 Å². The molecule has 1 amide bonds. The van der Waals surface area contributed by atoms with E-state index in [4.69, 9.17) is 0 Å². The van der Waals surface area contributed by atoms with Crippen LogP contribution in [0.4, 0.5) is 5.69 Å². The summed E-state index contributed by atoms with van der Waals surface area (Å²) < 4.78 is 2.09. The normalized spacial score (nSPS) is 15.2. The van der Waals surface area contributed by atoms with Crippen LogP contribution in [0.5, 0.6) is 0 Å². The Morgan fingerprint density at radius 1 is 1.06 bits per heavy atom. The Kier molecular flexibility index (Phi) is 7.04. The number of nitrogens with zero attached hydrogens (tertiary/aromatic N) is 4. The van der Waals surface area contributed by atoms with Crippen molar-refractivity contribution in [2.24, 2.45) is 0 Å². The van der Waals surface area contributed by atoms with Crippen LogP contribution in [-0.2, 0) is 17.8 Å². The second kappa shape index (κ2) is 10.1. The fourth-order valence-electron chi connectivity index (χ4n) is 3.74. The minimum absolute atomic E-state index is 0.0436. The molecule has 0 bridgehead atoms. The Hall–Kier alpha value is -2.64. The number of rotatable bonds is 8. The van der Waals surface area contributed by atoms with Gasteiger partial charge in [0.2, 0.25) is 5.91 Å². The molecule has 1 unspecified atom stereocenters. The fourth-order valence-corrected chi connectivity index (χ4v) is 4.62. The lowest BCUT2D eigenvalue weighted by Crippen LogP contribution is -2.23. The Balaban J connectivity index is 1.51. The molecule has 1 saturated heterocycles. The molecule has 1 aliphatic rings. The molecular weight excluding hydrogens is 406 g/mol. The van der Waals surface area contributed by atoms with Gasteiger partial charge in [0.05, 0.1) is 11.8 Å². The summed E-state index contributed by atoms with van der Waals surface area (Å²) in [5.74, 6) is 0.872. The first-order valence-corrected chi connectivity index (χ1v) is 11.8. The Morgan fingerprint density at radius 3 is 2.45 bits per heavy atom. The van der Waals surface area contributed by atoms with Crippen LogP contribution >= 0.6 is 11.8 Å². The Labute approximate surface area is 188 Å². The van der Waals surface area contributed by atoms with Crippen LogP contribution in [0.1, 0.15) is 38.1 Å². The van der Waals surface area contributed by atoms with E-state index in [9.17, 15) is 4.79 Å². The van der Waals surface area contributed by atoms with Crippen LogP contribution in [0.2, 0.25) is 0 Å². The molecule has 1 aliphatic heterocycles. The molecule has 4 rings (SSSR count). The second-order valence-electron chi connectivity index (χ2n) is 7.85. The van der Waals surface area contributed by atoms with Crippen molar-refractivity contribution in [3.05, 3.63) is 66.0 Å². The van der Waals surface area contributed by atoms with Crippen LogP contribution in [0.3, 0.4) is 0 Å². The molecular formula is C24H29N5OS. The average molecular weight is 436 g/mol. The first-order chi connectivity index (χ1) is 15.1. The summed E-state index contributed by atoms with van der Waals surface area (Å²) in [6.07, 6.45) is 3.45. The number of thioether (sulfide) groups is 1. The lowest BCUT2D eigenvalue weighted by molar-refractivity contribution is -0.115. The van der Waals surface area contributed by atoms with Crippen LogP contribution in [0, 0.1) is 0 Å². The second-order valence-corrected chi connectivity index (χ2v) is 9.16. The van der Waals surface area contributed by atoms with E-state index in [2.05, 4.69) is 44.0 Å². The number of hydrogen-bond acceptors (Lipinski definition) is 5. The minimum Gasteiger partial charge on any atom is -0.325 e. The Bertz CT molecular complexity index is 997. The minimum atomic E-state index is -0.308. The van der Waals surface area contributed by atoms with Gasteiger partial charge in [-0.2, -0.15) is 0 Å². The number of aryl methyl sites for hydroxylation is 1. The zero-order valence-corrected chi connectivity index (χ0v) is 18.9. The van der Waals surface area contributed by atoms with Gasteiger partial charge in [0, 0.05) is 11.4 Å². The maximum atomic E-state index is 12.8. The fraction of sp³-hybridized carbons (Fsp3) is 0.375. The van der Waals surface area contributed by atoms with E-state index in [-0.39, 0.29) is 11.2 Å². The smallest absolute Gasteiger partial charge is 0.237 e. The van der Waals surface area contributed by atoms with Crippen LogP contribution in [0.15, 0.2) is 59.8 Å². The van der Waals surface area contributed by atoms with Crippen molar-refractivity contribution in [3.63, 3.8) is 0 Å². The largest absolute Gasteiger partial charge is 0.325 e. The van der Waals surface area contributed by atoms with E-state index < -0.39 is 0 Å². The zero-order chi connectivity index (χ0) is 21.6. The zero-order valence-electron chi connectivity index (χ0n) is 18.1. The van der Waals surface area contributed by atoms with Gasteiger partial charge in [0.15, 0.2) is 11.0 Å². The van der Waals surface area contributed by atoms with Gasteiger partial charge in [-0.05, 0) is 69.1 Å². The highest BCUT2D eigenvalue weighted by molar-refractivity contribution is 8.00. The number of carbonyl (C=O) groups excluding carboxylic acids is 1. The van der Waals surface area contributed by atoms with Gasteiger partial charge in [-0.3, -0.25) is 14.3 Å². The number of carbonyl (C=O) groups is 1. The van der Waals surface area contributed by atoms with E-state index in [1.165, 1.54) is 30.2 Å². The summed E-state index contributed by atoms with van der Waals surface area (Å²) in [5.41, 5.74) is 3.09. The Morgan fingerprint density at radius 2 is 1.77 bits per heavy atom. The number of benzene rings is 2. The van der Waals surface area contributed by atoms with Gasteiger partial charge in [0.1, 0.15) is 0 Å². The van der Waals surface area contributed by atoms with E-state index in [1.54, 1.807) is 0 Å². The number of nitrogens with one attached hydrogen (secondary N) is 1. The van der Waals surface area contributed by atoms with Crippen LogP contribution in [0.25, 0.3) is 5.69 Å². The molecule has 31 heavy (non-hydrogen) atoms. The molecule has 0 saturated carbocycles. The molecule has 1 N–H and O–H groups in total. The van der Waals surface area contributed by atoms with Crippen LogP contribution < -0.4 is 5.32 Å². The molecule has 2 aromatic carbocycles. The number of aromatic nitrogens is 3. The maximum absolute atomic E-state index is 12.8. The SMILES string of the molecule is CCc1ccc(NC(=O)C(C)Sc2nnc(CN3CCCC3)n2-c2ccccc2)cc1. The van der Waals surface area contributed by atoms with Gasteiger partial charge in [-0.25, -0.2) is 0 Å². The topological polar surface area (TPSA) is 63.1 Å². The van der Waals surface area contributed by atoms with E-state index >= 15 is 0 Å². The molecule has 0 aliphatic carbocycles. The number of amides is 1. The number of anilines is 1. The third-order valence-corrected chi connectivity index (χ3v) is 6.60. The van der Waals surface area contributed by atoms with Crippen molar-refractivity contribution in [1.29, 1.82) is 0 Å². The molecule has 6 nitrogen and oxygen atoms in total. The van der Waals surface area contributed by atoms with Gasteiger partial charge in [-0.15, -0.1) is 10.2 Å². The third-order valence-electron chi connectivity index (χ3n) is 5.56. The van der Waals surface area contributed by atoms with Crippen LogP contribution in [-0.4, -0.2) is 43.9 Å². The predicted molar refractivity (Wildman–Crippen MR) is 126 cm³/mol. The summed E-state index contributed by atoms with van der Waals surface area (Å²) >= 11 is 1.44. The summed E-state index contributed by atoms with van der Waals surface area (Å²) in [4.78, 5) is 15.2. The van der Waals surface area contributed by atoms with Gasteiger partial charge in [0.25, 0.3) is 0 Å². The monoisotopic (exact) mass is 435 g/mol. The maximum Gasteiger partial charge on any atom is 0.237 e. The van der Waals surface area contributed by atoms with E-state index in [1.807, 2.05) is 49.4 Å². The highest BCUT2D eigenvalue weighted by Gasteiger charge is 2.23. The predicted octanol–water partition coefficient (Wildman–Crippen LogP) is 4.54. The highest BCUT2D eigenvalue weighted by Crippen LogP contribution is 2.27. The summed E-state index contributed by atoms with van der Waals surface area (Å²) in [7, 11) is 0. The summed E-state index contributed by atoms with van der Waals surface area (Å²) in [6, 6.07) is 18.1. The molecule has 1 atom stereocenters. The van der Waals surface area contributed by atoms with Gasteiger partial charge >= 0.3 is 0 Å². The summed E-state index contributed by atoms with van der Waals surface area (Å²) in [6.45, 7) is 6.99. The van der Waals surface area contributed by atoms with Crippen molar-refractivity contribution < 1.29 is 4.79 Å². The number of hydrogen-bond donors (Lipinski definition) is 1. The molecule has 0 radical (unpaired) electrons. The van der Waals surface area contributed by atoms with Crippen molar-refractivity contribution in [3.8, 4) is 5.69 Å². The lowest BCUT2D eigenvalue weighted by atomic mass is 10.1.